The second-order valence-corrected chi connectivity index (χ2v) is 6.23. The standard InChI is InChI=1S/C20H23NO3/c1-15-7-3-6-10-19(15)24-14-20(22)21(2)12-18-11-16-8-4-5-9-17(16)13-23-18/h3-10,18H,11-14H2,1-2H3. The lowest BCUT2D eigenvalue weighted by Gasteiger charge is -2.29. The zero-order chi connectivity index (χ0) is 16.9. The normalized spacial score (nSPS) is 16.3. The van der Waals surface area contributed by atoms with Crippen molar-refractivity contribution in [3.8, 4) is 5.75 Å². The van der Waals surface area contributed by atoms with E-state index in [4.69, 9.17) is 9.47 Å². The Morgan fingerprint density at radius 3 is 2.67 bits per heavy atom. The molecule has 1 amide bonds. The molecule has 3 rings (SSSR count). The van der Waals surface area contributed by atoms with Gasteiger partial charge in [0.25, 0.3) is 5.91 Å². The smallest absolute Gasteiger partial charge is 0.260 e. The Morgan fingerprint density at radius 1 is 1.17 bits per heavy atom. The van der Waals surface area contributed by atoms with Crippen molar-refractivity contribution in [1.29, 1.82) is 0 Å². The van der Waals surface area contributed by atoms with Gasteiger partial charge in [0.2, 0.25) is 0 Å². The summed E-state index contributed by atoms with van der Waals surface area (Å²) in [6.45, 7) is 3.20. The van der Waals surface area contributed by atoms with Crippen LogP contribution in [0, 0.1) is 6.92 Å². The molecule has 24 heavy (non-hydrogen) atoms. The van der Waals surface area contributed by atoms with Gasteiger partial charge in [0.05, 0.1) is 12.7 Å². The van der Waals surface area contributed by atoms with Gasteiger partial charge in [0.1, 0.15) is 5.75 Å². The van der Waals surface area contributed by atoms with Crippen LogP contribution in [0.4, 0.5) is 0 Å². The number of aryl methyl sites for hydroxylation is 1. The van der Waals surface area contributed by atoms with Crippen molar-refractivity contribution in [2.45, 2.75) is 26.1 Å². The molecule has 1 aliphatic heterocycles. The van der Waals surface area contributed by atoms with E-state index in [-0.39, 0.29) is 18.6 Å². The quantitative estimate of drug-likeness (QED) is 0.848. The maximum atomic E-state index is 12.3. The molecule has 0 aromatic heterocycles. The minimum Gasteiger partial charge on any atom is -0.484 e. The number of fused-ring (bicyclic) bond motifs is 1. The Hall–Kier alpha value is -2.33. The molecule has 4 nitrogen and oxygen atoms in total. The molecule has 1 atom stereocenters. The van der Waals surface area contributed by atoms with E-state index in [2.05, 4.69) is 12.1 Å². The summed E-state index contributed by atoms with van der Waals surface area (Å²) in [5.41, 5.74) is 3.58. The van der Waals surface area contributed by atoms with Gasteiger partial charge in [0, 0.05) is 20.0 Å². The number of carbonyl (C=O) groups is 1. The molecule has 0 fully saturated rings. The molecular weight excluding hydrogens is 302 g/mol. The van der Waals surface area contributed by atoms with Gasteiger partial charge in [-0.25, -0.2) is 0 Å². The molecule has 2 aromatic rings. The monoisotopic (exact) mass is 325 g/mol. The maximum Gasteiger partial charge on any atom is 0.260 e. The second kappa shape index (κ2) is 7.49. The molecule has 1 unspecified atom stereocenters. The van der Waals surface area contributed by atoms with Crippen molar-refractivity contribution in [3.05, 3.63) is 65.2 Å². The Balaban J connectivity index is 1.51. The fourth-order valence-electron chi connectivity index (χ4n) is 2.90. The summed E-state index contributed by atoms with van der Waals surface area (Å²) in [5.74, 6) is 0.711. The number of para-hydroxylation sites is 1. The van der Waals surface area contributed by atoms with Crippen LogP contribution in [0.2, 0.25) is 0 Å². The number of likely N-dealkylation sites (N-methyl/N-ethyl adjacent to an activating group) is 1. The Kier molecular flexibility index (Phi) is 5.16. The van der Waals surface area contributed by atoms with Crippen molar-refractivity contribution in [2.24, 2.45) is 0 Å². The summed E-state index contributed by atoms with van der Waals surface area (Å²) in [6, 6.07) is 16.0. The summed E-state index contributed by atoms with van der Waals surface area (Å²) < 4.78 is 11.5. The number of amides is 1. The highest BCUT2D eigenvalue weighted by atomic mass is 16.5. The van der Waals surface area contributed by atoms with Crippen LogP contribution in [0.15, 0.2) is 48.5 Å². The molecule has 0 saturated carbocycles. The van der Waals surface area contributed by atoms with Crippen LogP contribution in [-0.4, -0.2) is 37.1 Å². The topological polar surface area (TPSA) is 38.8 Å². The molecular formula is C20H23NO3. The van der Waals surface area contributed by atoms with Crippen LogP contribution in [0.5, 0.6) is 5.75 Å². The summed E-state index contributed by atoms with van der Waals surface area (Å²) >= 11 is 0. The summed E-state index contributed by atoms with van der Waals surface area (Å²) in [6.07, 6.45) is 0.874. The van der Waals surface area contributed by atoms with Gasteiger partial charge in [0.15, 0.2) is 6.61 Å². The minimum atomic E-state index is -0.0410. The first kappa shape index (κ1) is 16.5. The van der Waals surface area contributed by atoms with Crippen molar-refractivity contribution in [1.82, 2.24) is 4.90 Å². The van der Waals surface area contributed by atoms with Crippen molar-refractivity contribution in [2.75, 3.05) is 20.2 Å². The zero-order valence-corrected chi connectivity index (χ0v) is 14.2. The molecule has 0 saturated heterocycles. The highest BCUT2D eigenvalue weighted by Gasteiger charge is 2.22. The lowest BCUT2D eigenvalue weighted by atomic mass is 9.99. The first-order valence-corrected chi connectivity index (χ1v) is 8.24. The number of rotatable bonds is 5. The van der Waals surface area contributed by atoms with E-state index < -0.39 is 0 Å². The molecule has 0 spiro atoms. The number of nitrogens with zero attached hydrogens (tertiary/aromatic N) is 1. The number of hydrogen-bond donors (Lipinski definition) is 0. The molecule has 2 aromatic carbocycles. The Bertz CT molecular complexity index is 714. The highest BCUT2D eigenvalue weighted by molar-refractivity contribution is 5.77. The number of carbonyl (C=O) groups excluding carboxylic acids is 1. The summed E-state index contributed by atoms with van der Waals surface area (Å²) in [7, 11) is 1.80. The van der Waals surface area contributed by atoms with Gasteiger partial charge in [-0.05, 0) is 29.7 Å². The third-order valence-electron chi connectivity index (χ3n) is 4.39. The van der Waals surface area contributed by atoms with Crippen LogP contribution in [0.1, 0.15) is 16.7 Å². The van der Waals surface area contributed by atoms with Gasteiger partial charge >= 0.3 is 0 Å². The van der Waals surface area contributed by atoms with Gasteiger partial charge in [-0.3, -0.25) is 4.79 Å². The van der Waals surface area contributed by atoms with Crippen LogP contribution in [0.25, 0.3) is 0 Å². The largest absolute Gasteiger partial charge is 0.484 e. The molecule has 1 aliphatic rings. The van der Waals surface area contributed by atoms with E-state index in [0.29, 0.717) is 13.2 Å². The van der Waals surface area contributed by atoms with Crippen LogP contribution < -0.4 is 4.74 Å². The Labute approximate surface area is 143 Å². The van der Waals surface area contributed by atoms with Gasteiger partial charge in [-0.15, -0.1) is 0 Å². The van der Waals surface area contributed by atoms with Crippen LogP contribution in [-0.2, 0) is 22.6 Å². The molecule has 0 N–H and O–H groups in total. The van der Waals surface area contributed by atoms with Gasteiger partial charge in [-0.2, -0.15) is 0 Å². The van der Waals surface area contributed by atoms with Crippen molar-refractivity contribution < 1.29 is 14.3 Å². The van der Waals surface area contributed by atoms with E-state index in [9.17, 15) is 4.79 Å². The predicted molar refractivity (Wildman–Crippen MR) is 93.0 cm³/mol. The van der Waals surface area contributed by atoms with Gasteiger partial charge in [-0.1, -0.05) is 42.5 Å². The van der Waals surface area contributed by atoms with E-state index >= 15 is 0 Å². The van der Waals surface area contributed by atoms with Gasteiger partial charge < -0.3 is 14.4 Å². The third-order valence-corrected chi connectivity index (χ3v) is 4.39. The van der Waals surface area contributed by atoms with Crippen LogP contribution in [0.3, 0.4) is 0 Å². The molecule has 126 valence electrons. The second-order valence-electron chi connectivity index (χ2n) is 6.23. The molecule has 0 bridgehead atoms. The fourth-order valence-corrected chi connectivity index (χ4v) is 2.90. The lowest BCUT2D eigenvalue weighted by molar-refractivity contribution is -0.134. The number of benzene rings is 2. The van der Waals surface area contributed by atoms with E-state index in [1.165, 1.54) is 11.1 Å². The number of hydrogen-bond acceptors (Lipinski definition) is 3. The van der Waals surface area contributed by atoms with E-state index in [1.54, 1.807) is 11.9 Å². The maximum absolute atomic E-state index is 12.3. The van der Waals surface area contributed by atoms with Crippen molar-refractivity contribution >= 4 is 5.91 Å². The predicted octanol–water partition coefficient (Wildman–Crippen LogP) is 2.97. The Morgan fingerprint density at radius 2 is 1.88 bits per heavy atom. The first-order valence-electron chi connectivity index (χ1n) is 8.24. The average molecular weight is 325 g/mol. The highest BCUT2D eigenvalue weighted by Crippen LogP contribution is 2.21. The average Bonchev–Trinajstić information content (AvgIpc) is 2.60. The minimum absolute atomic E-state index is 0.0345. The molecule has 4 heteroatoms. The summed E-state index contributed by atoms with van der Waals surface area (Å²) in [4.78, 5) is 14.0. The number of ether oxygens (including phenoxy) is 2. The van der Waals surface area contributed by atoms with Crippen LogP contribution >= 0.6 is 0 Å². The SMILES string of the molecule is Cc1ccccc1OCC(=O)N(C)CC1Cc2ccccc2CO1. The summed E-state index contributed by atoms with van der Waals surface area (Å²) in [5, 5.41) is 0. The molecule has 1 heterocycles. The fraction of sp³-hybridized carbons (Fsp3) is 0.350. The molecule has 0 aliphatic carbocycles. The van der Waals surface area contributed by atoms with Crippen molar-refractivity contribution in [3.63, 3.8) is 0 Å². The van der Waals surface area contributed by atoms with E-state index in [0.717, 1.165) is 17.7 Å². The molecule has 0 radical (unpaired) electrons. The zero-order valence-electron chi connectivity index (χ0n) is 14.2. The first-order chi connectivity index (χ1) is 11.6. The lowest BCUT2D eigenvalue weighted by Crippen LogP contribution is -2.40. The van der Waals surface area contributed by atoms with E-state index in [1.807, 2.05) is 43.3 Å². The third kappa shape index (κ3) is 3.95.